The van der Waals surface area contributed by atoms with E-state index in [9.17, 15) is 4.79 Å². The van der Waals surface area contributed by atoms with Crippen LogP contribution in [0, 0.1) is 0 Å². The Morgan fingerprint density at radius 1 is 1.26 bits per heavy atom. The number of fused-ring (bicyclic) bond motifs is 1. The number of morpholine rings is 1. The number of nitrogens with zero attached hydrogens (tertiary/aromatic N) is 7. The molecule has 27 heavy (non-hydrogen) atoms. The molecule has 0 spiro atoms. The zero-order chi connectivity index (χ0) is 18.4. The van der Waals surface area contributed by atoms with Gasteiger partial charge < -0.3 is 14.5 Å². The second-order valence-corrected chi connectivity index (χ2v) is 7.77. The number of ether oxygens (including phenoxy) is 1. The Bertz CT molecular complexity index is 843. The highest BCUT2D eigenvalue weighted by Crippen LogP contribution is 2.38. The third-order valence-electron chi connectivity index (χ3n) is 5.83. The lowest BCUT2D eigenvalue weighted by molar-refractivity contribution is -0.142. The first-order chi connectivity index (χ1) is 13.2. The number of hydrogen-bond acceptors (Lipinski definition) is 7. The van der Waals surface area contributed by atoms with Gasteiger partial charge in [-0.25, -0.2) is 0 Å². The first kappa shape index (κ1) is 16.9. The molecule has 4 heterocycles. The van der Waals surface area contributed by atoms with Gasteiger partial charge >= 0.3 is 0 Å². The largest absolute Gasteiger partial charge is 0.370 e. The Morgan fingerprint density at radius 3 is 2.89 bits per heavy atom. The summed E-state index contributed by atoms with van der Waals surface area (Å²) in [6, 6.07) is 4.52. The van der Waals surface area contributed by atoms with Crippen molar-refractivity contribution in [2.24, 2.45) is 0 Å². The van der Waals surface area contributed by atoms with Crippen molar-refractivity contribution < 1.29 is 9.53 Å². The molecule has 1 amide bonds. The van der Waals surface area contributed by atoms with Crippen LogP contribution in [0.2, 0.25) is 0 Å². The first-order valence-electron chi connectivity index (χ1n) is 9.72. The van der Waals surface area contributed by atoms with Crippen molar-refractivity contribution in [2.45, 2.75) is 24.8 Å². The third kappa shape index (κ3) is 3.25. The summed E-state index contributed by atoms with van der Waals surface area (Å²) in [4.78, 5) is 18.3. The van der Waals surface area contributed by atoms with Gasteiger partial charge in [-0.3, -0.25) is 9.69 Å². The Kier molecular flexibility index (Phi) is 4.20. The predicted molar refractivity (Wildman–Crippen MR) is 98.8 cm³/mol. The minimum Gasteiger partial charge on any atom is -0.370 e. The molecule has 3 aliphatic rings. The number of hydrogen-bond donors (Lipinski definition) is 0. The lowest BCUT2D eigenvalue weighted by atomic mass is 10.1. The highest BCUT2D eigenvalue weighted by atomic mass is 16.5. The molecule has 2 aromatic rings. The molecule has 0 aromatic carbocycles. The normalized spacial score (nSPS) is 21.3. The minimum atomic E-state index is 0.0998. The summed E-state index contributed by atoms with van der Waals surface area (Å²) in [6.45, 7) is 5.13. The number of anilines is 1. The number of likely N-dealkylation sites (N-methyl/N-ethyl adjacent to an activating group) is 1. The van der Waals surface area contributed by atoms with Crippen LogP contribution in [-0.2, 0) is 9.53 Å². The van der Waals surface area contributed by atoms with E-state index in [1.54, 1.807) is 0 Å². The van der Waals surface area contributed by atoms with Crippen molar-refractivity contribution in [3.05, 3.63) is 18.0 Å². The van der Waals surface area contributed by atoms with Crippen molar-refractivity contribution in [2.75, 3.05) is 57.9 Å². The van der Waals surface area contributed by atoms with Crippen LogP contribution in [0.5, 0.6) is 0 Å². The van der Waals surface area contributed by atoms with Gasteiger partial charge in [-0.05, 0) is 32.0 Å². The standard InChI is InChI=1S/C18H25N7O2/c1-22(6-7-23-8-9-27-12-17(23)26)14-10-24(11-14)16-5-4-15-19-20-18(13-2-3-13)25(15)21-16/h4-5,13-14H,2-3,6-12H2,1H3. The molecule has 0 bridgehead atoms. The molecule has 3 fully saturated rings. The molecule has 9 heteroatoms. The zero-order valence-electron chi connectivity index (χ0n) is 15.6. The van der Waals surface area contributed by atoms with Gasteiger partial charge in [-0.1, -0.05) is 0 Å². The van der Waals surface area contributed by atoms with Crippen LogP contribution >= 0.6 is 0 Å². The molecule has 0 radical (unpaired) electrons. The van der Waals surface area contributed by atoms with Gasteiger partial charge in [0.1, 0.15) is 12.4 Å². The molecule has 0 unspecified atom stereocenters. The van der Waals surface area contributed by atoms with E-state index < -0.39 is 0 Å². The molecule has 0 atom stereocenters. The van der Waals surface area contributed by atoms with E-state index in [2.05, 4.69) is 27.0 Å². The quantitative estimate of drug-likeness (QED) is 0.706. The molecule has 0 N–H and O–H groups in total. The number of carbonyl (C=O) groups is 1. The summed E-state index contributed by atoms with van der Waals surface area (Å²) < 4.78 is 7.09. The fourth-order valence-corrected chi connectivity index (χ4v) is 3.73. The fourth-order valence-electron chi connectivity index (χ4n) is 3.73. The summed E-state index contributed by atoms with van der Waals surface area (Å²) in [5.41, 5.74) is 0.824. The molecule has 2 saturated heterocycles. The second kappa shape index (κ2) is 6.72. The van der Waals surface area contributed by atoms with Gasteiger partial charge in [-0.15, -0.1) is 15.3 Å². The lowest BCUT2D eigenvalue weighted by Gasteiger charge is -2.45. The number of aromatic nitrogens is 4. The molecule has 2 aliphatic heterocycles. The van der Waals surface area contributed by atoms with Crippen molar-refractivity contribution in [1.82, 2.24) is 29.6 Å². The average Bonchev–Trinajstić information content (AvgIpc) is 3.39. The Labute approximate surface area is 157 Å². The van der Waals surface area contributed by atoms with Gasteiger partial charge in [0.2, 0.25) is 5.91 Å². The van der Waals surface area contributed by atoms with Crippen LogP contribution in [0.25, 0.3) is 5.65 Å². The number of amides is 1. The van der Waals surface area contributed by atoms with Gasteiger partial charge in [0.05, 0.1) is 6.61 Å². The third-order valence-corrected chi connectivity index (χ3v) is 5.83. The van der Waals surface area contributed by atoms with Crippen molar-refractivity contribution in [1.29, 1.82) is 0 Å². The second-order valence-electron chi connectivity index (χ2n) is 7.77. The lowest BCUT2D eigenvalue weighted by Crippen LogP contribution is -2.60. The molecule has 1 saturated carbocycles. The van der Waals surface area contributed by atoms with Crippen molar-refractivity contribution in [3.8, 4) is 0 Å². The molecular weight excluding hydrogens is 346 g/mol. The van der Waals surface area contributed by atoms with E-state index in [0.717, 1.165) is 43.5 Å². The van der Waals surface area contributed by atoms with E-state index in [0.29, 0.717) is 25.1 Å². The maximum absolute atomic E-state index is 11.8. The van der Waals surface area contributed by atoms with Crippen LogP contribution in [0.3, 0.4) is 0 Å². The van der Waals surface area contributed by atoms with E-state index in [-0.39, 0.29) is 12.5 Å². The van der Waals surface area contributed by atoms with Crippen LogP contribution in [0.15, 0.2) is 12.1 Å². The number of carbonyl (C=O) groups excluding carboxylic acids is 1. The summed E-state index contributed by atoms with van der Waals surface area (Å²) >= 11 is 0. The molecule has 144 valence electrons. The Morgan fingerprint density at radius 2 is 2.11 bits per heavy atom. The first-order valence-corrected chi connectivity index (χ1v) is 9.72. The highest BCUT2D eigenvalue weighted by molar-refractivity contribution is 5.77. The summed E-state index contributed by atoms with van der Waals surface area (Å²) in [5.74, 6) is 2.61. The van der Waals surface area contributed by atoms with Crippen LogP contribution in [-0.4, -0.2) is 94.5 Å². The molecular formula is C18H25N7O2. The molecule has 5 rings (SSSR count). The van der Waals surface area contributed by atoms with Gasteiger partial charge in [0.15, 0.2) is 11.5 Å². The summed E-state index contributed by atoms with van der Waals surface area (Å²) in [7, 11) is 2.13. The Balaban J connectivity index is 1.17. The van der Waals surface area contributed by atoms with E-state index in [1.807, 2.05) is 21.5 Å². The highest BCUT2D eigenvalue weighted by Gasteiger charge is 2.33. The smallest absolute Gasteiger partial charge is 0.248 e. The van der Waals surface area contributed by atoms with E-state index in [4.69, 9.17) is 9.84 Å². The zero-order valence-corrected chi connectivity index (χ0v) is 15.6. The van der Waals surface area contributed by atoms with Crippen LogP contribution < -0.4 is 4.90 Å². The minimum absolute atomic E-state index is 0.0998. The fraction of sp³-hybridized carbons (Fsp3) is 0.667. The van der Waals surface area contributed by atoms with E-state index in [1.165, 1.54) is 12.8 Å². The van der Waals surface area contributed by atoms with Gasteiger partial charge in [0, 0.05) is 44.7 Å². The monoisotopic (exact) mass is 371 g/mol. The summed E-state index contributed by atoms with van der Waals surface area (Å²) in [5, 5.41) is 13.3. The maximum atomic E-state index is 11.8. The maximum Gasteiger partial charge on any atom is 0.248 e. The summed E-state index contributed by atoms with van der Waals surface area (Å²) in [6.07, 6.45) is 2.38. The van der Waals surface area contributed by atoms with Crippen LogP contribution in [0.1, 0.15) is 24.6 Å². The average molecular weight is 371 g/mol. The van der Waals surface area contributed by atoms with Crippen molar-refractivity contribution in [3.63, 3.8) is 0 Å². The van der Waals surface area contributed by atoms with Crippen LogP contribution in [0.4, 0.5) is 5.82 Å². The van der Waals surface area contributed by atoms with E-state index >= 15 is 0 Å². The molecule has 1 aliphatic carbocycles. The topological polar surface area (TPSA) is 79.1 Å². The van der Waals surface area contributed by atoms with Gasteiger partial charge in [-0.2, -0.15) is 4.52 Å². The Hall–Kier alpha value is -2.26. The van der Waals surface area contributed by atoms with Gasteiger partial charge in [0.25, 0.3) is 0 Å². The number of rotatable bonds is 6. The molecule has 2 aromatic heterocycles. The van der Waals surface area contributed by atoms with Crippen molar-refractivity contribution >= 4 is 17.4 Å². The SMILES string of the molecule is CN(CCN1CCOCC1=O)C1CN(c2ccc3nnc(C4CC4)n3n2)C1. The molecule has 9 nitrogen and oxygen atoms in total. The predicted octanol–water partition coefficient (Wildman–Crippen LogP) is -0.0191.